The summed E-state index contributed by atoms with van der Waals surface area (Å²) >= 11 is 7.23. The van der Waals surface area contributed by atoms with Crippen molar-refractivity contribution in [3.63, 3.8) is 0 Å². The maximum Gasteiger partial charge on any atom is 0.418 e. The van der Waals surface area contributed by atoms with E-state index >= 15 is 0 Å². The molecule has 0 saturated carbocycles. The van der Waals surface area contributed by atoms with E-state index in [1.54, 1.807) is 19.1 Å². The monoisotopic (exact) mass is 385 g/mol. The zero-order valence-electron chi connectivity index (χ0n) is 12.7. The van der Waals surface area contributed by atoms with Gasteiger partial charge < -0.3 is 5.32 Å². The molecule has 0 aliphatic rings. The van der Waals surface area contributed by atoms with Crippen molar-refractivity contribution in [1.82, 2.24) is 4.98 Å². The number of hydrogen-bond acceptors (Lipinski definition) is 3. The molecule has 2 N–H and O–H groups in total. The van der Waals surface area contributed by atoms with E-state index in [1.807, 2.05) is 0 Å². The van der Waals surface area contributed by atoms with Crippen LogP contribution in [0.15, 0.2) is 36.4 Å². The van der Waals surface area contributed by atoms with Crippen LogP contribution in [0.25, 0.3) is 10.2 Å². The summed E-state index contributed by atoms with van der Waals surface area (Å²) in [6.07, 6.45) is -4.56. The van der Waals surface area contributed by atoms with Crippen molar-refractivity contribution in [1.29, 1.82) is 0 Å². The van der Waals surface area contributed by atoms with Crippen LogP contribution in [0, 0.1) is 6.92 Å². The molecule has 1 heterocycles. The molecule has 0 fully saturated rings. The number of hydrogen-bond donors (Lipinski definition) is 2. The maximum absolute atomic E-state index is 13.0. The molecule has 130 valence electrons. The van der Waals surface area contributed by atoms with E-state index in [9.17, 15) is 18.0 Å². The Morgan fingerprint density at radius 3 is 2.60 bits per heavy atom. The molecule has 0 bridgehead atoms. The quantitative estimate of drug-likeness (QED) is 0.575. The van der Waals surface area contributed by atoms with Crippen LogP contribution in [0.3, 0.4) is 0 Å². The second-order valence-electron chi connectivity index (χ2n) is 5.16. The van der Waals surface area contributed by atoms with Crippen molar-refractivity contribution in [3.8, 4) is 0 Å². The fraction of sp³-hybridized carbons (Fsp3) is 0.125. The molecular formula is C16H11ClF3N3OS. The predicted molar refractivity (Wildman–Crippen MR) is 93.5 cm³/mol. The number of fused-ring (bicyclic) bond motifs is 1. The number of aryl methyl sites for hydroxylation is 1. The van der Waals surface area contributed by atoms with Crippen LogP contribution < -0.4 is 10.6 Å². The Morgan fingerprint density at radius 2 is 1.88 bits per heavy atom. The molecule has 0 spiro atoms. The van der Waals surface area contributed by atoms with Crippen LogP contribution in [0.5, 0.6) is 0 Å². The molecular weight excluding hydrogens is 375 g/mol. The van der Waals surface area contributed by atoms with Gasteiger partial charge in [0.1, 0.15) is 0 Å². The molecule has 0 saturated heterocycles. The number of benzene rings is 2. The van der Waals surface area contributed by atoms with Crippen LogP contribution in [0.2, 0.25) is 5.02 Å². The summed E-state index contributed by atoms with van der Waals surface area (Å²) in [5, 5.41) is 5.47. The van der Waals surface area contributed by atoms with Crippen LogP contribution in [-0.4, -0.2) is 11.0 Å². The summed E-state index contributed by atoms with van der Waals surface area (Å²) in [6, 6.07) is 7.44. The van der Waals surface area contributed by atoms with Crippen molar-refractivity contribution in [2.45, 2.75) is 13.1 Å². The third kappa shape index (κ3) is 3.69. The minimum absolute atomic E-state index is 0.266. The molecule has 4 nitrogen and oxygen atoms in total. The molecule has 0 aliphatic carbocycles. The number of aromatic nitrogens is 1. The van der Waals surface area contributed by atoms with E-state index in [4.69, 9.17) is 11.6 Å². The Kier molecular flexibility index (Phi) is 4.57. The number of urea groups is 1. The van der Waals surface area contributed by atoms with E-state index in [2.05, 4.69) is 15.6 Å². The fourth-order valence-electron chi connectivity index (χ4n) is 2.24. The first-order valence-electron chi connectivity index (χ1n) is 7.05. The Morgan fingerprint density at radius 1 is 1.16 bits per heavy atom. The first-order valence-corrected chi connectivity index (χ1v) is 8.25. The van der Waals surface area contributed by atoms with Gasteiger partial charge in [0.25, 0.3) is 0 Å². The average Bonchev–Trinajstić information content (AvgIpc) is 2.93. The van der Waals surface area contributed by atoms with Gasteiger partial charge in [-0.2, -0.15) is 13.2 Å². The third-order valence-corrected chi connectivity index (χ3v) is 4.79. The van der Waals surface area contributed by atoms with Gasteiger partial charge in [-0.05, 0) is 36.8 Å². The zero-order valence-corrected chi connectivity index (χ0v) is 14.3. The first kappa shape index (κ1) is 17.5. The summed E-state index contributed by atoms with van der Waals surface area (Å²) in [5.74, 6) is 0. The van der Waals surface area contributed by atoms with Gasteiger partial charge in [-0.1, -0.05) is 35.1 Å². The smallest absolute Gasteiger partial charge is 0.307 e. The van der Waals surface area contributed by atoms with Gasteiger partial charge in [0.05, 0.1) is 21.5 Å². The number of alkyl halides is 3. The highest BCUT2D eigenvalue weighted by Gasteiger charge is 2.33. The van der Waals surface area contributed by atoms with Crippen LogP contribution in [0.4, 0.5) is 28.8 Å². The number of halogens is 4. The van der Waals surface area contributed by atoms with Gasteiger partial charge in [0.2, 0.25) is 0 Å². The Balaban J connectivity index is 1.81. The van der Waals surface area contributed by atoms with Gasteiger partial charge in [0, 0.05) is 5.02 Å². The van der Waals surface area contributed by atoms with Crippen molar-refractivity contribution in [3.05, 3.63) is 52.5 Å². The van der Waals surface area contributed by atoms with E-state index in [-0.39, 0.29) is 10.8 Å². The zero-order chi connectivity index (χ0) is 18.2. The molecule has 2 amide bonds. The number of nitrogens with zero attached hydrogens (tertiary/aromatic N) is 1. The third-order valence-electron chi connectivity index (χ3n) is 3.45. The van der Waals surface area contributed by atoms with Crippen LogP contribution in [-0.2, 0) is 6.18 Å². The standard InChI is InChI=1S/C16H11ClF3N3OS/c1-8-10(17)6-7-12-13(8)22-15(25-12)23-14(24)21-11-5-3-2-4-9(11)16(18,19)20/h2-7H,1H3,(H2,21,22,23,24). The normalized spacial score (nSPS) is 11.6. The number of thiazole rings is 1. The molecule has 3 rings (SSSR count). The minimum atomic E-state index is -4.56. The van der Waals surface area contributed by atoms with Crippen LogP contribution in [0.1, 0.15) is 11.1 Å². The maximum atomic E-state index is 13.0. The summed E-state index contributed by atoms with van der Waals surface area (Å²) < 4.78 is 39.7. The topological polar surface area (TPSA) is 54.0 Å². The predicted octanol–water partition coefficient (Wildman–Crippen LogP) is 5.92. The van der Waals surface area contributed by atoms with Gasteiger partial charge in [-0.15, -0.1) is 0 Å². The molecule has 1 aromatic heterocycles. The lowest BCUT2D eigenvalue weighted by Gasteiger charge is -2.13. The molecule has 9 heteroatoms. The number of carbonyl (C=O) groups excluding carboxylic acids is 1. The van der Waals surface area contributed by atoms with Crippen molar-refractivity contribution in [2.75, 3.05) is 10.6 Å². The average molecular weight is 386 g/mol. The van der Waals surface area contributed by atoms with E-state index in [0.717, 1.165) is 16.3 Å². The number of amides is 2. The van der Waals surface area contributed by atoms with E-state index < -0.39 is 17.8 Å². The number of nitrogens with one attached hydrogen (secondary N) is 2. The molecule has 0 radical (unpaired) electrons. The van der Waals surface area contributed by atoms with Gasteiger partial charge in [0.15, 0.2) is 5.13 Å². The Hall–Kier alpha value is -2.32. The Labute approximate surface area is 149 Å². The summed E-state index contributed by atoms with van der Waals surface area (Å²) in [5.41, 5.74) is 0.166. The lowest BCUT2D eigenvalue weighted by atomic mass is 10.1. The SMILES string of the molecule is Cc1c(Cl)ccc2sc(NC(=O)Nc3ccccc3C(F)(F)F)nc12. The number of anilines is 2. The van der Waals surface area contributed by atoms with E-state index in [0.29, 0.717) is 10.5 Å². The van der Waals surface area contributed by atoms with Crippen molar-refractivity contribution < 1.29 is 18.0 Å². The molecule has 2 aromatic carbocycles. The largest absolute Gasteiger partial charge is 0.418 e. The molecule has 3 aromatic rings. The summed E-state index contributed by atoms with van der Waals surface area (Å²) in [6.45, 7) is 1.80. The second-order valence-corrected chi connectivity index (χ2v) is 6.60. The lowest BCUT2D eigenvalue weighted by molar-refractivity contribution is -0.136. The number of carbonyl (C=O) groups is 1. The van der Waals surface area contributed by atoms with Gasteiger partial charge in [-0.3, -0.25) is 5.32 Å². The van der Waals surface area contributed by atoms with Crippen LogP contribution >= 0.6 is 22.9 Å². The van der Waals surface area contributed by atoms with Crippen molar-refractivity contribution in [2.24, 2.45) is 0 Å². The van der Waals surface area contributed by atoms with Gasteiger partial charge in [-0.25, -0.2) is 9.78 Å². The molecule has 0 atom stereocenters. The second kappa shape index (κ2) is 6.53. The highest BCUT2D eigenvalue weighted by Crippen LogP contribution is 2.35. The molecule has 0 unspecified atom stereocenters. The van der Waals surface area contributed by atoms with Crippen molar-refractivity contribution >= 4 is 50.0 Å². The van der Waals surface area contributed by atoms with E-state index in [1.165, 1.54) is 29.5 Å². The Bertz CT molecular complexity index is 955. The van der Waals surface area contributed by atoms with Gasteiger partial charge >= 0.3 is 12.2 Å². The lowest BCUT2D eigenvalue weighted by Crippen LogP contribution is -2.21. The first-order chi connectivity index (χ1) is 11.8. The molecule has 25 heavy (non-hydrogen) atoms. The minimum Gasteiger partial charge on any atom is -0.307 e. The number of rotatable bonds is 2. The summed E-state index contributed by atoms with van der Waals surface area (Å²) in [4.78, 5) is 16.3. The highest BCUT2D eigenvalue weighted by atomic mass is 35.5. The summed E-state index contributed by atoms with van der Waals surface area (Å²) in [7, 11) is 0. The molecule has 0 aliphatic heterocycles. The number of para-hydroxylation sites is 1. The highest BCUT2D eigenvalue weighted by molar-refractivity contribution is 7.22. The fourth-order valence-corrected chi connectivity index (χ4v) is 3.32.